The minimum absolute atomic E-state index is 0.0988. The fourth-order valence-corrected chi connectivity index (χ4v) is 2.93. The Labute approximate surface area is 162 Å². The minimum atomic E-state index is -0.697. The van der Waals surface area contributed by atoms with Crippen molar-refractivity contribution >= 4 is 11.7 Å². The Balaban J connectivity index is 2.06. The molecular formula is C19H13F2N5O3. The van der Waals surface area contributed by atoms with Crippen LogP contribution in [0.2, 0.25) is 0 Å². The van der Waals surface area contributed by atoms with Crippen LogP contribution in [0.4, 0.5) is 8.78 Å². The Hall–Kier alpha value is -3.95. The van der Waals surface area contributed by atoms with Crippen LogP contribution >= 0.6 is 0 Å². The molecule has 0 bridgehead atoms. The number of aromatic nitrogens is 5. The summed E-state index contributed by atoms with van der Waals surface area (Å²) in [4.78, 5) is 24.5. The zero-order chi connectivity index (χ0) is 20.5. The number of ether oxygens (including phenoxy) is 1. The van der Waals surface area contributed by atoms with Crippen molar-refractivity contribution < 1.29 is 18.3 Å². The lowest BCUT2D eigenvalue weighted by Crippen LogP contribution is -2.26. The van der Waals surface area contributed by atoms with E-state index in [1.165, 1.54) is 43.5 Å². The maximum atomic E-state index is 13.9. The molecule has 0 N–H and O–H groups in total. The Morgan fingerprint density at radius 2 is 1.69 bits per heavy atom. The van der Waals surface area contributed by atoms with Crippen molar-refractivity contribution in [2.75, 3.05) is 7.11 Å². The highest BCUT2D eigenvalue weighted by Crippen LogP contribution is 2.30. The van der Waals surface area contributed by atoms with Crippen molar-refractivity contribution in [3.05, 3.63) is 70.6 Å². The molecule has 4 aromatic rings. The lowest BCUT2D eigenvalue weighted by molar-refractivity contribution is -0.141. The van der Waals surface area contributed by atoms with Crippen LogP contribution in [0.5, 0.6) is 0 Å². The first kappa shape index (κ1) is 18.4. The summed E-state index contributed by atoms with van der Waals surface area (Å²) in [5.41, 5.74) is 0.274. The van der Waals surface area contributed by atoms with E-state index in [2.05, 4.69) is 20.0 Å². The van der Waals surface area contributed by atoms with Gasteiger partial charge in [-0.1, -0.05) is 24.3 Å². The van der Waals surface area contributed by atoms with Gasteiger partial charge in [0.05, 0.1) is 12.8 Å². The molecule has 0 unspecified atom stereocenters. The first-order valence-electron chi connectivity index (χ1n) is 8.43. The van der Waals surface area contributed by atoms with E-state index in [0.29, 0.717) is 11.1 Å². The number of carbonyl (C=O) groups excluding carboxylic acids is 1. The second-order valence-electron chi connectivity index (χ2n) is 6.07. The van der Waals surface area contributed by atoms with Crippen LogP contribution in [-0.2, 0) is 16.1 Å². The summed E-state index contributed by atoms with van der Waals surface area (Å²) in [7, 11) is 1.18. The maximum Gasteiger partial charge on any atom is 0.352 e. The van der Waals surface area contributed by atoms with E-state index in [1.54, 1.807) is 12.1 Å². The van der Waals surface area contributed by atoms with Crippen LogP contribution in [0.3, 0.4) is 0 Å². The second kappa shape index (κ2) is 7.23. The molecule has 146 valence electrons. The number of hydrogen-bond donors (Lipinski definition) is 0. The third kappa shape index (κ3) is 3.35. The van der Waals surface area contributed by atoms with E-state index in [-0.39, 0.29) is 17.2 Å². The Kier molecular flexibility index (Phi) is 4.59. The standard InChI is InChI=1S/C19H13F2N5O3/c1-29-15(27)10-25-19(28)26-17(12-5-3-7-14(21)9-12)16(22-23-18(26)24-25)11-4-2-6-13(20)8-11/h2-9H,10H2,1H3. The number of esters is 1. The van der Waals surface area contributed by atoms with Gasteiger partial charge in [0.25, 0.3) is 5.78 Å². The van der Waals surface area contributed by atoms with Gasteiger partial charge in [-0.3, -0.25) is 4.79 Å². The molecular weight excluding hydrogens is 384 g/mol. The molecule has 2 aromatic carbocycles. The monoisotopic (exact) mass is 397 g/mol. The van der Waals surface area contributed by atoms with Gasteiger partial charge < -0.3 is 4.74 Å². The van der Waals surface area contributed by atoms with Gasteiger partial charge in [0, 0.05) is 11.1 Å². The molecule has 0 spiro atoms. The predicted molar refractivity (Wildman–Crippen MR) is 97.8 cm³/mol. The van der Waals surface area contributed by atoms with Gasteiger partial charge in [-0.2, -0.15) is 4.68 Å². The molecule has 2 heterocycles. The summed E-state index contributed by atoms with van der Waals surface area (Å²) in [6.07, 6.45) is 0. The minimum Gasteiger partial charge on any atom is -0.468 e. The van der Waals surface area contributed by atoms with E-state index in [9.17, 15) is 18.4 Å². The van der Waals surface area contributed by atoms with E-state index in [0.717, 1.165) is 9.08 Å². The molecule has 0 aliphatic heterocycles. The number of carbonyl (C=O) groups is 1. The van der Waals surface area contributed by atoms with Gasteiger partial charge >= 0.3 is 11.7 Å². The Bertz CT molecular complexity index is 1300. The fourth-order valence-electron chi connectivity index (χ4n) is 2.93. The lowest BCUT2D eigenvalue weighted by Gasteiger charge is -2.10. The van der Waals surface area contributed by atoms with E-state index in [1.807, 2.05) is 0 Å². The van der Waals surface area contributed by atoms with Crippen molar-refractivity contribution in [2.45, 2.75) is 6.54 Å². The molecule has 0 saturated carbocycles. The van der Waals surface area contributed by atoms with Gasteiger partial charge in [-0.05, 0) is 24.3 Å². The average Bonchev–Trinajstić information content (AvgIpc) is 3.02. The Morgan fingerprint density at radius 1 is 1.03 bits per heavy atom. The van der Waals surface area contributed by atoms with Crippen LogP contribution in [-0.4, -0.2) is 37.5 Å². The molecule has 10 heteroatoms. The zero-order valence-corrected chi connectivity index (χ0v) is 15.0. The highest BCUT2D eigenvalue weighted by atomic mass is 19.1. The van der Waals surface area contributed by atoms with Gasteiger partial charge in [0.1, 0.15) is 23.9 Å². The van der Waals surface area contributed by atoms with Gasteiger partial charge in [-0.15, -0.1) is 15.3 Å². The number of hydrogen-bond acceptors (Lipinski definition) is 6. The quantitative estimate of drug-likeness (QED) is 0.490. The summed E-state index contributed by atoms with van der Waals surface area (Å²) in [6.45, 7) is -0.434. The number of benzene rings is 2. The highest BCUT2D eigenvalue weighted by Gasteiger charge is 2.21. The van der Waals surface area contributed by atoms with Crippen molar-refractivity contribution in [1.29, 1.82) is 0 Å². The topological polar surface area (TPSA) is 91.4 Å². The van der Waals surface area contributed by atoms with E-state index in [4.69, 9.17) is 0 Å². The second-order valence-corrected chi connectivity index (χ2v) is 6.07. The smallest absolute Gasteiger partial charge is 0.352 e. The number of fused-ring (bicyclic) bond motifs is 1. The number of rotatable bonds is 4. The first-order chi connectivity index (χ1) is 14.0. The normalized spacial score (nSPS) is 11.0. The predicted octanol–water partition coefficient (Wildman–Crippen LogP) is 2.07. The summed E-state index contributed by atoms with van der Waals surface area (Å²) in [5.74, 6) is -1.82. The molecule has 29 heavy (non-hydrogen) atoms. The fraction of sp³-hybridized carbons (Fsp3) is 0.105. The van der Waals surface area contributed by atoms with Crippen molar-refractivity contribution in [3.8, 4) is 22.5 Å². The summed E-state index contributed by atoms with van der Waals surface area (Å²) in [6, 6.07) is 11.1. The molecule has 0 aliphatic carbocycles. The lowest BCUT2D eigenvalue weighted by atomic mass is 10.0. The molecule has 0 saturated heterocycles. The molecule has 4 rings (SSSR count). The SMILES string of the molecule is COC(=O)Cn1nc2nnc(-c3cccc(F)c3)c(-c3cccc(F)c3)n2c1=O. The van der Waals surface area contributed by atoms with Crippen LogP contribution < -0.4 is 5.69 Å². The van der Waals surface area contributed by atoms with Crippen molar-refractivity contribution in [1.82, 2.24) is 24.4 Å². The molecule has 0 aliphatic rings. The summed E-state index contributed by atoms with van der Waals surface area (Å²) >= 11 is 0. The van der Waals surface area contributed by atoms with Crippen LogP contribution in [0, 0.1) is 11.6 Å². The van der Waals surface area contributed by atoms with Crippen molar-refractivity contribution in [2.24, 2.45) is 0 Å². The third-order valence-electron chi connectivity index (χ3n) is 4.21. The molecule has 8 nitrogen and oxygen atoms in total. The van der Waals surface area contributed by atoms with E-state index >= 15 is 0 Å². The molecule has 0 fully saturated rings. The highest BCUT2D eigenvalue weighted by molar-refractivity contribution is 5.79. The van der Waals surface area contributed by atoms with Gasteiger partial charge in [-0.25, -0.2) is 18.0 Å². The third-order valence-corrected chi connectivity index (χ3v) is 4.21. The molecule has 0 atom stereocenters. The van der Waals surface area contributed by atoms with Gasteiger partial charge in [0.2, 0.25) is 0 Å². The van der Waals surface area contributed by atoms with Gasteiger partial charge in [0.15, 0.2) is 0 Å². The molecule has 0 radical (unpaired) electrons. The number of halogens is 2. The number of methoxy groups -OCH3 is 1. The summed E-state index contributed by atoms with van der Waals surface area (Å²) in [5, 5.41) is 12.0. The van der Waals surface area contributed by atoms with E-state index < -0.39 is 29.8 Å². The maximum absolute atomic E-state index is 13.9. The number of nitrogens with zero attached hydrogens (tertiary/aromatic N) is 5. The molecule has 2 aromatic heterocycles. The van der Waals surface area contributed by atoms with Crippen molar-refractivity contribution in [3.63, 3.8) is 0 Å². The van der Waals surface area contributed by atoms with Crippen LogP contribution in [0.25, 0.3) is 28.3 Å². The average molecular weight is 397 g/mol. The summed E-state index contributed by atoms with van der Waals surface area (Å²) < 4.78 is 34.2. The first-order valence-corrected chi connectivity index (χ1v) is 8.43. The van der Waals surface area contributed by atoms with Crippen LogP contribution in [0.1, 0.15) is 0 Å². The van der Waals surface area contributed by atoms with Crippen LogP contribution in [0.15, 0.2) is 53.3 Å². The Morgan fingerprint density at radius 3 is 2.34 bits per heavy atom. The largest absolute Gasteiger partial charge is 0.468 e. The molecule has 0 amide bonds. The zero-order valence-electron chi connectivity index (χ0n) is 15.0.